The van der Waals surface area contributed by atoms with Gasteiger partial charge in [0.05, 0.1) is 11.5 Å². The topological polar surface area (TPSA) is 68.1 Å². The van der Waals surface area contributed by atoms with E-state index in [1.54, 1.807) is 6.07 Å². The van der Waals surface area contributed by atoms with Crippen LogP contribution in [0.4, 0.5) is 11.4 Å². The molecule has 0 atom stereocenters. The second-order valence-electron chi connectivity index (χ2n) is 7.15. The molecule has 0 radical (unpaired) electrons. The fourth-order valence-electron chi connectivity index (χ4n) is 3.81. The highest BCUT2D eigenvalue weighted by Gasteiger charge is 2.24. The molecule has 0 aromatic heterocycles. The van der Waals surface area contributed by atoms with Gasteiger partial charge in [-0.1, -0.05) is 17.7 Å². The third-order valence-electron chi connectivity index (χ3n) is 5.26. The van der Waals surface area contributed by atoms with E-state index in [1.165, 1.54) is 17.3 Å². The Morgan fingerprint density at radius 3 is 2.71 bits per heavy atom. The standard InChI is InChI=1S/C20H22ClN3O4/c1-14-2-3-17(21)10-19(14)23-6-4-22(5-7-23)11-15-8-18(24(25)26)9-16-12-27-13-28-20(15)16/h2-3,8-10H,4-7,11-13H2,1H3. The van der Waals surface area contributed by atoms with Crippen molar-refractivity contribution in [2.75, 3.05) is 37.9 Å². The second-order valence-corrected chi connectivity index (χ2v) is 7.59. The summed E-state index contributed by atoms with van der Waals surface area (Å²) in [6.45, 7) is 6.70. The fraction of sp³-hybridized carbons (Fsp3) is 0.400. The number of nitrogens with zero attached hydrogens (tertiary/aromatic N) is 3. The van der Waals surface area contributed by atoms with E-state index in [0.717, 1.165) is 48.1 Å². The summed E-state index contributed by atoms with van der Waals surface area (Å²) in [5.74, 6) is 0.727. The number of nitro groups is 1. The van der Waals surface area contributed by atoms with E-state index in [0.29, 0.717) is 13.2 Å². The lowest BCUT2D eigenvalue weighted by Gasteiger charge is -2.37. The molecule has 2 aromatic carbocycles. The molecule has 0 saturated carbocycles. The number of halogens is 1. The molecule has 1 saturated heterocycles. The highest BCUT2D eigenvalue weighted by Crippen LogP contribution is 2.34. The molecule has 0 N–H and O–H groups in total. The number of rotatable bonds is 4. The van der Waals surface area contributed by atoms with Gasteiger partial charge in [0.25, 0.3) is 5.69 Å². The minimum absolute atomic E-state index is 0.0797. The van der Waals surface area contributed by atoms with Crippen LogP contribution in [0.3, 0.4) is 0 Å². The normalized spacial score (nSPS) is 17.1. The number of fused-ring (bicyclic) bond motifs is 1. The Kier molecular flexibility index (Phi) is 5.39. The molecule has 0 aliphatic carbocycles. The van der Waals surface area contributed by atoms with Gasteiger partial charge in [0, 0.05) is 66.7 Å². The molecule has 2 aromatic rings. The summed E-state index contributed by atoms with van der Waals surface area (Å²) in [5, 5.41) is 12.0. The summed E-state index contributed by atoms with van der Waals surface area (Å²) in [7, 11) is 0. The smallest absolute Gasteiger partial charge is 0.270 e. The predicted molar refractivity (Wildman–Crippen MR) is 107 cm³/mol. The van der Waals surface area contributed by atoms with E-state index < -0.39 is 0 Å². The lowest BCUT2D eigenvalue weighted by Crippen LogP contribution is -2.46. The quantitative estimate of drug-likeness (QED) is 0.572. The average Bonchev–Trinajstić information content (AvgIpc) is 2.70. The third-order valence-corrected chi connectivity index (χ3v) is 5.50. The number of nitro benzene ring substituents is 1. The van der Waals surface area contributed by atoms with Gasteiger partial charge in [0.2, 0.25) is 0 Å². The van der Waals surface area contributed by atoms with Crippen molar-refractivity contribution in [1.82, 2.24) is 4.90 Å². The Hall–Kier alpha value is -2.35. The maximum absolute atomic E-state index is 11.3. The number of non-ortho nitro benzene ring substituents is 1. The predicted octanol–water partition coefficient (Wildman–Crippen LogP) is 3.75. The number of anilines is 1. The summed E-state index contributed by atoms with van der Waals surface area (Å²) >= 11 is 6.16. The largest absolute Gasteiger partial charge is 0.467 e. The number of hydrogen-bond donors (Lipinski definition) is 0. The number of aryl methyl sites for hydroxylation is 1. The average molecular weight is 404 g/mol. The van der Waals surface area contributed by atoms with Gasteiger partial charge in [0.1, 0.15) is 5.75 Å². The molecule has 28 heavy (non-hydrogen) atoms. The maximum atomic E-state index is 11.3. The molecule has 8 heteroatoms. The van der Waals surface area contributed by atoms with Crippen molar-refractivity contribution in [2.24, 2.45) is 0 Å². The molecule has 4 rings (SSSR count). The van der Waals surface area contributed by atoms with Gasteiger partial charge < -0.3 is 14.4 Å². The highest BCUT2D eigenvalue weighted by molar-refractivity contribution is 6.30. The molecule has 0 amide bonds. The SMILES string of the molecule is Cc1ccc(Cl)cc1N1CCN(Cc2cc([N+](=O)[O-])cc3c2OCOC3)CC1. The van der Waals surface area contributed by atoms with Gasteiger partial charge in [-0.3, -0.25) is 15.0 Å². The van der Waals surface area contributed by atoms with Crippen LogP contribution in [0.2, 0.25) is 5.02 Å². The zero-order chi connectivity index (χ0) is 19.7. The molecule has 0 unspecified atom stereocenters. The van der Waals surface area contributed by atoms with Crippen LogP contribution < -0.4 is 9.64 Å². The van der Waals surface area contributed by atoms with Crippen LogP contribution in [-0.4, -0.2) is 42.8 Å². The number of benzene rings is 2. The van der Waals surface area contributed by atoms with Crippen LogP contribution in [0, 0.1) is 17.0 Å². The van der Waals surface area contributed by atoms with E-state index in [1.807, 2.05) is 18.2 Å². The first-order valence-electron chi connectivity index (χ1n) is 9.25. The first-order valence-corrected chi connectivity index (χ1v) is 9.63. The van der Waals surface area contributed by atoms with Crippen molar-refractivity contribution < 1.29 is 14.4 Å². The first-order chi connectivity index (χ1) is 13.5. The molecular formula is C20H22ClN3O4. The summed E-state index contributed by atoms with van der Waals surface area (Å²) in [6, 6.07) is 9.12. The van der Waals surface area contributed by atoms with E-state index in [4.69, 9.17) is 21.1 Å². The molecule has 2 aliphatic heterocycles. The maximum Gasteiger partial charge on any atom is 0.270 e. The Morgan fingerprint density at radius 1 is 1.18 bits per heavy atom. The minimum atomic E-state index is -0.363. The Bertz CT molecular complexity index is 897. The van der Waals surface area contributed by atoms with Crippen LogP contribution in [0.25, 0.3) is 0 Å². The van der Waals surface area contributed by atoms with Gasteiger partial charge in [-0.25, -0.2) is 0 Å². The molecule has 2 aliphatic rings. The Labute approximate surface area is 168 Å². The molecule has 1 fully saturated rings. The van der Waals surface area contributed by atoms with E-state index in [9.17, 15) is 10.1 Å². The molecule has 0 spiro atoms. The Balaban J connectivity index is 1.48. The molecule has 0 bridgehead atoms. The summed E-state index contributed by atoms with van der Waals surface area (Å²) in [6.07, 6.45) is 0. The monoisotopic (exact) mass is 403 g/mol. The van der Waals surface area contributed by atoms with Crippen molar-refractivity contribution in [3.05, 3.63) is 62.2 Å². The van der Waals surface area contributed by atoms with Crippen LogP contribution in [0.1, 0.15) is 16.7 Å². The van der Waals surface area contributed by atoms with Crippen LogP contribution in [0.5, 0.6) is 5.75 Å². The van der Waals surface area contributed by atoms with E-state index in [-0.39, 0.29) is 17.4 Å². The summed E-state index contributed by atoms with van der Waals surface area (Å²) < 4.78 is 10.9. The van der Waals surface area contributed by atoms with Gasteiger partial charge in [-0.15, -0.1) is 0 Å². The fourth-order valence-corrected chi connectivity index (χ4v) is 3.98. The summed E-state index contributed by atoms with van der Waals surface area (Å²) in [4.78, 5) is 15.6. The number of piperazine rings is 1. The van der Waals surface area contributed by atoms with E-state index in [2.05, 4.69) is 16.7 Å². The van der Waals surface area contributed by atoms with Crippen LogP contribution >= 0.6 is 11.6 Å². The van der Waals surface area contributed by atoms with Crippen molar-refractivity contribution in [3.63, 3.8) is 0 Å². The van der Waals surface area contributed by atoms with E-state index >= 15 is 0 Å². The lowest BCUT2D eigenvalue weighted by atomic mass is 10.1. The van der Waals surface area contributed by atoms with Gasteiger partial charge in [-0.05, 0) is 24.6 Å². The molecule has 2 heterocycles. The van der Waals surface area contributed by atoms with Crippen molar-refractivity contribution >= 4 is 23.0 Å². The number of ether oxygens (including phenoxy) is 2. The lowest BCUT2D eigenvalue weighted by molar-refractivity contribution is -0.385. The van der Waals surface area contributed by atoms with Gasteiger partial charge in [0.15, 0.2) is 6.79 Å². The molecular weight excluding hydrogens is 382 g/mol. The van der Waals surface area contributed by atoms with Crippen LogP contribution in [0.15, 0.2) is 30.3 Å². The first kappa shape index (κ1) is 19.0. The van der Waals surface area contributed by atoms with Gasteiger partial charge in [-0.2, -0.15) is 0 Å². The van der Waals surface area contributed by atoms with Crippen molar-refractivity contribution in [2.45, 2.75) is 20.1 Å². The number of hydrogen-bond acceptors (Lipinski definition) is 6. The van der Waals surface area contributed by atoms with Crippen molar-refractivity contribution in [3.8, 4) is 5.75 Å². The second kappa shape index (κ2) is 7.95. The zero-order valence-corrected chi connectivity index (χ0v) is 16.4. The minimum Gasteiger partial charge on any atom is -0.467 e. The van der Waals surface area contributed by atoms with Gasteiger partial charge >= 0.3 is 0 Å². The highest BCUT2D eigenvalue weighted by atomic mass is 35.5. The third kappa shape index (κ3) is 3.92. The Morgan fingerprint density at radius 2 is 1.96 bits per heavy atom. The van der Waals surface area contributed by atoms with Crippen LogP contribution in [-0.2, 0) is 17.9 Å². The summed E-state index contributed by atoms with van der Waals surface area (Å²) in [5.41, 5.74) is 4.04. The van der Waals surface area contributed by atoms with Crippen molar-refractivity contribution in [1.29, 1.82) is 0 Å². The molecule has 148 valence electrons. The molecule has 7 nitrogen and oxygen atoms in total. The zero-order valence-electron chi connectivity index (χ0n) is 15.7.